The highest BCUT2D eigenvalue weighted by molar-refractivity contribution is 5.66. The summed E-state index contributed by atoms with van der Waals surface area (Å²) in [6.07, 6.45) is 2.81. The van der Waals surface area contributed by atoms with E-state index in [1.54, 1.807) is 0 Å². The zero-order chi connectivity index (χ0) is 10.6. The van der Waals surface area contributed by atoms with Gasteiger partial charge in [-0.15, -0.1) is 0 Å². The van der Waals surface area contributed by atoms with Gasteiger partial charge in [0.05, 0.1) is 6.61 Å². The summed E-state index contributed by atoms with van der Waals surface area (Å²) in [6, 6.07) is 0. The highest BCUT2D eigenvalue weighted by atomic mass is 16.6. The van der Waals surface area contributed by atoms with Crippen molar-refractivity contribution in [3.05, 3.63) is 0 Å². The number of carbonyl (C=O) groups excluding carboxylic acids is 2. The first-order chi connectivity index (χ1) is 6.59. The van der Waals surface area contributed by atoms with Crippen LogP contribution in [0.3, 0.4) is 0 Å². The molecule has 0 amide bonds. The van der Waals surface area contributed by atoms with Gasteiger partial charge in [0.1, 0.15) is 6.10 Å². The molecule has 2 unspecified atom stereocenters. The van der Waals surface area contributed by atoms with Crippen molar-refractivity contribution in [1.29, 1.82) is 0 Å². The second-order valence-corrected chi connectivity index (χ2v) is 3.64. The average Bonchev–Trinajstić information content (AvgIpc) is 2.47. The van der Waals surface area contributed by atoms with Gasteiger partial charge < -0.3 is 9.47 Å². The Morgan fingerprint density at radius 1 is 1.21 bits per heavy atom. The van der Waals surface area contributed by atoms with Crippen LogP contribution in [0.4, 0.5) is 0 Å². The molecule has 0 aromatic heterocycles. The third-order valence-electron chi connectivity index (χ3n) is 2.41. The molecule has 0 N–H and O–H groups in total. The van der Waals surface area contributed by atoms with Crippen LogP contribution >= 0.6 is 0 Å². The van der Waals surface area contributed by atoms with Crippen molar-refractivity contribution in [2.75, 3.05) is 6.61 Å². The van der Waals surface area contributed by atoms with Gasteiger partial charge in [0.2, 0.25) is 0 Å². The zero-order valence-electron chi connectivity index (χ0n) is 8.62. The molecule has 0 radical (unpaired) electrons. The van der Waals surface area contributed by atoms with Crippen LogP contribution in [0.1, 0.15) is 33.1 Å². The van der Waals surface area contributed by atoms with Gasteiger partial charge in [-0.3, -0.25) is 9.59 Å². The van der Waals surface area contributed by atoms with Gasteiger partial charge >= 0.3 is 11.9 Å². The van der Waals surface area contributed by atoms with Gasteiger partial charge in [0, 0.05) is 19.8 Å². The number of hydrogen-bond acceptors (Lipinski definition) is 4. The van der Waals surface area contributed by atoms with Crippen molar-refractivity contribution in [2.24, 2.45) is 5.92 Å². The van der Waals surface area contributed by atoms with Gasteiger partial charge in [-0.2, -0.15) is 0 Å². The standard InChI is InChI=1S/C10H16O4/c1-7(11)13-6-9-4-3-5-10(9)14-8(2)12/h9-10H,3-6H2,1-2H3. The Labute approximate surface area is 83.6 Å². The largest absolute Gasteiger partial charge is 0.465 e. The number of rotatable bonds is 3. The van der Waals surface area contributed by atoms with Crippen molar-refractivity contribution in [1.82, 2.24) is 0 Å². The molecule has 1 fully saturated rings. The second kappa shape index (κ2) is 4.98. The fraction of sp³-hybridized carbons (Fsp3) is 0.800. The molecule has 1 aliphatic rings. The zero-order valence-corrected chi connectivity index (χ0v) is 8.62. The predicted molar refractivity (Wildman–Crippen MR) is 49.5 cm³/mol. The van der Waals surface area contributed by atoms with E-state index in [1.165, 1.54) is 13.8 Å². The molecule has 1 saturated carbocycles. The minimum absolute atomic E-state index is 0.0631. The van der Waals surface area contributed by atoms with E-state index in [1.807, 2.05) is 0 Å². The molecule has 4 heteroatoms. The minimum atomic E-state index is -0.279. The average molecular weight is 200 g/mol. The first-order valence-electron chi connectivity index (χ1n) is 4.90. The molecule has 0 saturated heterocycles. The van der Waals surface area contributed by atoms with Gasteiger partial charge in [-0.1, -0.05) is 0 Å². The Morgan fingerprint density at radius 2 is 1.93 bits per heavy atom. The highest BCUT2D eigenvalue weighted by Gasteiger charge is 2.30. The Bertz CT molecular complexity index is 224. The summed E-state index contributed by atoms with van der Waals surface area (Å²) in [5.74, 6) is -0.356. The second-order valence-electron chi connectivity index (χ2n) is 3.64. The summed E-state index contributed by atoms with van der Waals surface area (Å²) < 4.78 is 10.0. The smallest absolute Gasteiger partial charge is 0.302 e. The normalized spacial score (nSPS) is 25.9. The summed E-state index contributed by atoms with van der Waals surface area (Å²) in [7, 11) is 0. The van der Waals surface area contributed by atoms with Gasteiger partial charge in [-0.05, 0) is 19.3 Å². The predicted octanol–water partition coefficient (Wildman–Crippen LogP) is 1.28. The molecular weight excluding hydrogens is 184 g/mol. The summed E-state index contributed by atoms with van der Waals surface area (Å²) in [5.41, 5.74) is 0. The SMILES string of the molecule is CC(=O)OCC1CCCC1OC(C)=O. The van der Waals surface area contributed by atoms with Crippen LogP contribution in [0.2, 0.25) is 0 Å². The topological polar surface area (TPSA) is 52.6 Å². The lowest BCUT2D eigenvalue weighted by molar-refractivity contribution is -0.151. The first-order valence-corrected chi connectivity index (χ1v) is 4.90. The van der Waals surface area contributed by atoms with E-state index in [-0.39, 0.29) is 24.0 Å². The fourth-order valence-electron chi connectivity index (χ4n) is 1.79. The quantitative estimate of drug-likeness (QED) is 0.644. The van der Waals surface area contributed by atoms with Gasteiger partial charge in [0.15, 0.2) is 0 Å². The van der Waals surface area contributed by atoms with Gasteiger partial charge in [-0.25, -0.2) is 0 Å². The number of hydrogen-bond donors (Lipinski definition) is 0. The van der Waals surface area contributed by atoms with Crippen LogP contribution < -0.4 is 0 Å². The Balaban J connectivity index is 2.35. The lowest BCUT2D eigenvalue weighted by Crippen LogP contribution is -2.25. The summed E-state index contributed by atoms with van der Waals surface area (Å²) in [4.78, 5) is 21.4. The summed E-state index contributed by atoms with van der Waals surface area (Å²) in [5, 5.41) is 0. The molecule has 0 bridgehead atoms. The van der Waals surface area contributed by atoms with Crippen molar-refractivity contribution in [2.45, 2.75) is 39.2 Å². The molecule has 2 atom stereocenters. The van der Waals surface area contributed by atoms with E-state index in [2.05, 4.69) is 0 Å². The molecule has 0 aliphatic heterocycles. The maximum Gasteiger partial charge on any atom is 0.302 e. The van der Waals surface area contributed by atoms with E-state index in [0.717, 1.165) is 19.3 Å². The van der Waals surface area contributed by atoms with E-state index >= 15 is 0 Å². The van der Waals surface area contributed by atoms with Crippen molar-refractivity contribution < 1.29 is 19.1 Å². The maximum absolute atomic E-state index is 10.8. The van der Waals surface area contributed by atoms with Gasteiger partial charge in [0.25, 0.3) is 0 Å². The summed E-state index contributed by atoms with van der Waals surface area (Å²) in [6.45, 7) is 3.16. The third-order valence-corrected chi connectivity index (χ3v) is 2.41. The molecule has 0 spiro atoms. The van der Waals surface area contributed by atoms with E-state index in [9.17, 15) is 9.59 Å². The molecule has 1 rings (SSSR count). The third kappa shape index (κ3) is 3.36. The monoisotopic (exact) mass is 200 g/mol. The molecular formula is C10H16O4. The van der Waals surface area contributed by atoms with E-state index in [0.29, 0.717) is 6.61 Å². The van der Waals surface area contributed by atoms with E-state index < -0.39 is 0 Å². The Hall–Kier alpha value is -1.06. The number of carbonyl (C=O) groups is 2. The molecule has 0 heterocycles. The van der Waals surface area contributed by atoms with Crippen molar-refractivity contribution in [3.63, 3.8) is 0 Å². The lowest BCUT2D eigenvalue weighted by Gasteiger charge is -2.18. The number of ether oxygens (including phenoxy) is 2. The van der Waals surface area contributed by atoms with Crippen LogP contribution in [0.15, 0.2) is 0 Å². The molecule has 0 aromatic rings. The van der Waals surface area contributed by atoms with Crippen LogP contribution in [0, 0.1) is 5.92 Å². The van der Waals surface area contributed by atoms with Crippen LogP contribution in [-0.2, 0) is 19.1 Å². The van der Waals surface area contributed by atoms with Crippen LogP contribution in [0.5, 0.6) is 0 Å². The lowest BCUT2D eigenvalue weighted by atomic mass is 10.1. The molecule has 14 heavy (non-hydrogen) atoms. The first kappa shape index (κ1) is 11.0. The molecule has 0 aromatic carbocycles. The number of esters is 2. The van der Waals surface area contributed by atoms with Crippen LogP contribution in [-0.4, -0.2) is 24.6 Å². The summed E-state index contributed by atoms with van der Waals surface area (Å²) >= 11 is 0. The molecule has 4 nitrogen and oxygen atoms in total. The van der Waals surface area contributed by atoms with Crippen molar-refractivity contribution in [3.8, 4) is 0 Å². The Morgan fingerprint density at radius 3 is 2.50 bits per heavy atom. The minimum Gasteiger partial charge on any atom is -0.465 e. The van der Waals surface area contributed by atoms with Crippen molar-refractivity contribution >= 4 is 11.9 Å². The van der Waals surface area contributed by atoms with E-state index in [4.69, 9.17) is 9.47 Å². The highest BCUT2D eigenvalue weighted by Crippen LogP contribution is 2.28. The maximum atomic E-state index is 10.8. The molecule has 80 valence electrons. The van der Waals surface area contributed by atoms with Crippen LogP contribution in [0.25, 0.3) is 0 Å². The molecule has 1 aliphatic carbocycles. The fourth-order valence-corrected chi connectivity index (χ4v) is 1.79. The Kier molecular flexibility index (Phi) is 3.92.